The van der Waals surface area contributed by atoms with Crippen LogP contribution in [0.25, 0.3) is 0 Å². The van der Waals surface area contributed by atoms with Gasteiger partial charge in [-0.25, -0.2) is 0 Å². The summed E-state index contributed by atoms with van der Waals surface area (Å²) in [5.41, 5.74) is 6.98. The van der Waals surface area contributed by atoms with Crippen molar-refractivity contribution < 1.29 is 15.0 Å². The highest BCUT2D eigenvalue weighted by atomic mass is 16.4. The Morgan fingerprint density at radius 3 is 2.59 bits per heavy atom. The number of aromatic hydroxyl groups is 1. The standard InChI is InChI=1S/C13H19NO3/c1-8(5-9(2)13(16)17)6-10-3-4-12(15)11(14)7-10/h3-4,7-9,15H,5-6,14H2,1-2H3,(H,16,17)/t8-,9-/m1/s1. The van der Waals surface area contributed by atoms with E-state index >= 15 is 0 Å². The summed E-state index contributed by atoms with van der Waals surface area (Å²) in [6, 6.07) is 5.11. The van der Waals surface area contributed by atoms with E-state index in [9.17, 15) is 9.90 Å². The lowest BCUT2D eigenvalue weighted by Gasteiger charge is -2.14. The molecule has 0 aliphatic rings. The highest BCUT2D eigenvalue weighted by molar-refractivity contribution is 5.69. The average Bonchev–Trinajstić information content (AvgIpc) is 2.23. The molecule has 2 atom stereocenters. The number of carboxylic acids is 1. The van der Waals surface area contributed by atoms with Crippen molar-refractivity contribution in [2.45, 2.75) is 26.7 Å². The number of rotatable bonds is 5. The molecule has 0 saturated heterocycles. The first-order valence-corrected chi connectivity index (χ1v) is 5.70. The number of carboxylic acid groups (broad SMARTS) is 1. The lowest BCUT2D eigenvalue weighted by Crippen LogP contribution is -2.14. The van der Waals surface area contributed by atoms with Crippen LogP contribution in [0.2, 0.25) is 0 Å². The largest absolute Gasteiger partial charge is 0.506 e. The number of nitrogens with two attached hydrogens (primary N) is 1. The summed E-state index contributed by atoms with van der Waals surface area (Å²) < 4.78 is 0. The molecule has 0 aliphatic carbocycles. The zero-order chi connectivity index (χ0) is 13.0. The van der Waals surface area contributed by atoms with E-state index in [2.05, 4.69) is 0 Å². The van der Waals surface area contributed by atoms with Crippen molar-refractivity contribution in [3.05, 3.63) is 23.8 Å². The molecule has 0 aliphatic heterocycles. The molecule has 94 valence electrons. The Morgan fingerprint density at radius 2 is 2.06 bits per heavy atom. The van der Waals surface area contributed by atoms with Crippen molar-refractivity contribution in [1.29, 1.82) is 0 Å². The van der Waals surface area contributed by atoms with Gasteiger partial charge >= 0.3 is 5.97 Å². The molecule has 0 spiro atoms. The third kappa shape index (κ3) is 3.98. The van der Waals surface area contributed by atoms with E-state index in [1.807, 2.05) is 13.0 Å². The van der Waals surface area contributed by atoms with Crippen LogP contribution >= 0.6 is 0 Å². The number of hydrogen-bond acceptors (Lipinski definition) is 3. The fourth-order valence-corrected chi connectivity index (χ4v) is 1.92. The molecule has 0 amide bonds. The van der Waals surface area contributed by atoms with E-state index in [0.717, 1.165) is 12.0 Å². The molecule has 0 bridgehead atoms. The van der Waals surface area contributed by atoms with Crippen molar-refractivity contribution in [3.8, 4) is 5.75 Å². The van der Waals surface area contributed by atoms with Gasteiger partial charge in [0.1, 0.15) is 5.75 Å². The van der Waals surface area contributed by atoms with Crippen molar-refractivity contribution in [2.24, 2.45) is 11.8 Å². The molecule has 0 heterocycles. The molecule has 1 rings (SSSR count). The second-order valence-corrected chi connectivity index (χ2v) is 4.68. The highest BCUT2D eigenvalue weighted by Crippen LogP contribution is 2.23. The molecule has 4 nitrogen and oxygen atoms in total. The van der Waals surface area contributed by atoms with Gasteiger partial charge in [-0.2, -0.15) is 0 Å². The summed E-state index contributed by atoms with van der Waals surface area (Å²) in [5, 5.41) is 18.1. The molecule has 4 heteroatoms. The minimum Gasteiger partial charge on any atom is -0.506 e. The van der Waals surface area contributed by atoms with Gasteiger partial charge in [0, 0.05) is 0 Å². The second-order valence-electron chi connectivity index (χ2n) is 4.68. The number of nitrogen functional groups attached to an aromatic ring is 1. The molecule has 0 radical (unpaired) electrons. The van der Waals surface area contributed by atoms with Crippen LogP contribution in [0.1, 0.15) is 25.8 Å². The number of phenolic OH excluding ortho intramolecular Hbond substituents is 1. The zero-order valence-electron chi connectivity index (χ0n) is 10.2. The van der Waals surface area contributed by atoms with Crippen LogP contribution in [0, 0.1) is 11.8 Å². The molecule has 0 fully saturated rings. The maximum absolute atomic E-state index is 10.7. The van der Waals surface area contributed by atoms with Gasteiger partial charge in [0.2, 0.25) is 0 Å². The lowest BCUT2D eigenvalue weighted by molar-refractivity contribution is -0.141. The van der Waals surface area contributed by atoms with E-state index in [1.165, 1.54) is 0 Å². The molecule has 17 heavy (non-hydrogen) atoms. The number of hydrogen-bond donors (Lipinski definition) is 3. The Hall–Kier alpha value is -1.71. The summed E-state index contributed by atoms with van der Waals surface area (Å²) in [5.74, 6) is -0.744. The molecule has 4 N–H and O–H groups in total. The Balaban J connectivity index is 2.58. The molecular weight excluding hydrogens is 218 g/mol. The van der Waals surface area contributed by atoms with E-state index in [1.54, 1.807) is 19.1 Å². The number of aliphatic carboxylic acids is 1. The lowest BCUT2D eigenvalue weighted by atomic mass is 9.91. The van der Waals surface area contributed by atoms with E-state index in [4.69, 9.17) is 10.8 Å². The number of anilines is 1. The maximum atomic E-state index is 10.7. The van der Waals surface area contributed by atoms with Gasteiger partial charge in [-0.1, -0.05) is 19.9 Å². The van der Waals surface area contributed by atoms with Crippen LogP contribution in [-0.4, -0.2) is 16.2 Å². The minimum absolute atomic E-state index is 0.0836. The van der Waals surface area contributed by atoms with Gasteiger partial charge in [-0.3, -0.25) is 4.79 Å². The number of benzene rings is 1. The van der Waals surface area contributed by atoms with Crippen LogP contribution in [0.3, 0.4) is 0 Å². The van der Waals surface area contributed by atoms with Gasteiger partial charge in [0.25, 0.3) is 0 Å². The van der Waals surface area contributed by atoms with Gasteiger partial charge < -0.3 is 15.9 Å². The SMILES string of the molecule is C[C@@H](Cc1ccc(O)c(N)c1)C[C@@H](C)C(=O)O. The summed E-state index contributed by atoms with van der Waals surface area (Å²) in [6.45, 7) is 3.73. The maximum Gasteiger partial charge on any atom is 0.306 e. The molecular formula is C13H19NO3. The Kier molecular flexibility index (Phi) is 4.37. The Labute approximate surface area is 101 Å². The summed E-state index contributed by atoms with van der Waals surface area (Å²) in [4.78, 5) is 10.7. The third-order valence-electron chi connectivity index (χ3n) is 2.85. The molecule has 0 unspecified atom stereocenters. The summed E-state index contributed by atoms with van der Waals surface area (Å²) in [7, 11) is 0. The van der Waals surface area contributed by atoms with Crippen LogP contribution in [0.4, 0.5) is 5.69 Å². The zero-order valence-corrected chi connectivity index (χ0v) is 10.2. The molecule has 1 aromatic carbocycles. The van der Waals surface area contributed by atoms with Crippen molar-refractivity contribution >= 4 is 11.7 Å². The van der Waals surface area contributed by atoms with Crippen molar-refractivity contribution in [2.75, 3.05) is 5.73 Å². The predicted molar refractivity (Wildman–Crippen MR) is 66.8 cm³/mol. The second kappa shape index (κ2) is 5.57. The average molecular weight is 237 g/mol. The Morgan fingerprint density at radius 1 is 1.41 bits per heavy atom. The van der Waals surface area contributed by atoms with Gasteiger partial charge in [-0.15, -0.1) is 0 Å². The van der Waals surface area contributed by atoms with Gasteiger partial charge in [0.05, 0.1) is 11.6 Å². The third-order valence-corrected chi connectivity index (χ3v) is 2.85. The first-order chi connectivity index (χ1) is 7.90. The Bertz CT molecular complexity index is 404. The van der Waals surface area contributed by atoms with Crippen molar-refractivity contribution in [1.82, 2.24) is 0 Å². The first kappa shape index (κ1) is 13.4. The first-order valence-electron chi connectivity index (χ1n) is 5.70. The van der Waals surface area contributed by atoms with E-state index in [0.29, 0.717) is 12.1 Å². The van der Waals surface area contributed by atoms with Crippen LogP contribution in [-0.2, 0) is 11.2 Å². The van der Waals surface area contributed by atoms with E-state index in [-0.39, 0.29) is 17.6 Å². The number of phenols is 1. The van der Waals surface area contributed by atoms with E-state index < -0.39 is 5.97 Å². The summed E-state index contributed by atoms with van der Waals surface area (Å²) >= 11 is 0. The minimum atomic E-state index is -0.762. The van der Waals surface area contributed by atoms with Gasteiger partial charge in [0.15, 0.2) is 0 Å². The fraction of sp³-hybridized carbons (Fsp3) is 0.462. The topological polar surface area (TPSA) is 83.5 Å². The quantitative estimate of drug-likeness (QED) is 0.542. The molecule has 0 saturated carbocycles. The van der Waals surface area contributed by atoms with Crippen LogP contribution in [0.5, 0.6) is 5.75 Å². The fourth-order valence-electron chi connectivity index (χ4n) is 1.92. The van der Waals surface area contributed by atoms with Gasteiger partial charge in [-0.05, 0) is 36.5 Å². The monoisotopic (exact) mass is 237 g/mol. The van der Waals surface area contributed by atoms with Crippen LogP contribution in [0.15, 0.2) is 18.2 Å². The number of carbonyl (C=O) groups is 1. The predicted octanol–water partition coefficient (Wildman–Crippen LogP) is 2.26. The molecule has 1 aromatic rings. The molecule has 0 aromatic heterocycles. The normalized spacial score (nSPS) is 14.2. The van der Waals surface area contributed by atoms with Crippen LogP contribution < -0.4 is 5.73 Å². The smallest absolute Gasteiger partial charge is 0.306 e. The highest BCUT2D eigenvalue weighted by Gasteiger charge is 2.15. The van der Waals surface area contributed by atoms with Crippen molar-refractivity contribution in [3.63, 3.8) is 0 Å². The summed E-state index contributed by atoms with van der Waals surface area (Å²) in [6.07, 6.45) is 1.40.